The predicted octanol–water partition coefficient (Wildman–Crippen LogP) is 1.49. The summed E-state index contributed by atoms with van der Waals surface area (Å²) in [6.07, 6.45) is 3.59. The van der Waals surface area contributed by atoms with Gasteiger partial charge in [0.05, 0.1) is 12.2 Å². The van der Waals surface area contributed by atoms with Crippen molar-refractivity contribution in [3.63, 3.8) is 0 Å². The van der Waals surface area contributed by atoms with E-state index < -0.39 is 0 Å². The third kappa shape index (κ3) is 3.04. The zero-order valence-electron chi connectivity index (χ0n) is 7.21. The van der Waals surface area contributed by atoms with Crippen LogP contribution in [-0.2, 0) is 4.74 Å². The lowest BCUT2D eigenvalue weighted by Crippen LogP contribution is -2.27. The van der Waals surface area contributed by atoms with Crippen LogP contribution in [0.25, 0.3) is 0 Å². The van der Waals surface area contributed by atoms with Crippen molar-refractivity contribution in [2.45, 2.75) is 38.9 Å². The second kappa shape index (κ2) is 3.88. The molecule has 0 saturated carbocycles. The highest BCUT2D eigenvalue weighted by atomic mass is 16.5. The summed E-state index contributed by atoms with van der Waals surface area (Å²) in [5.74, 6) is 0. The Morgan fingerprint density at radius 3 is 2.82 bits per heavy atom. The maximum Gasteiger partial charge on any atom is 0.0782 e. The fraction of sp³-hybridized carbons (Fsp3) is 0.778. The lowest BCUT2D eigenvalue weighted by molar-refractivity contribution is -0.0213. The maximum absolute atomic E-state index is 9.28. The van der Waals surface area contributed by atoms with Crippen molar-refractivity contribution in [3.05, 3.63) is 11.6 Å². The number of aliphatic hydroxyl groups is 1. The van der Waals surface area contributed by atoms with Crippen LogP contribution in [0.5, 0.6) is 0 Å². The Morgan fingerprint density at radius 2 is 2.27 bits per heavy atom. The van der Waals surface area contributed by atoms with E-state index in [1.54, 1.807) is 0 Å². The van der Waals surface area contributed by atoms with E-state index in [1.807, 2.05) is 13.8 Å². The zero-order chi connectivity index (χ0) is 8.27. The number of ether oxygens (including phenoxy) is 1. The van der Waals surface area contributed by atoms with Crippen LogP contribution in [-0.4, -0.2) is 23.9 Å². The van der Waals surface area contributed by atoms with Gasteiger partial charge in [-0.1, -0.05) is 11.6 Å². The molecule has 0 radical (unpaired) electrons. The van der Waals surface area contributed by atoms with Crippen LogP contribution in [0, 0.1) is 0 Å². The summed E-state index contributed by atoms with van der Waals surface area (Å²) in [5.41, 5.74) is 1.25. The second-order valence-electron chi connectivity index (χ2n) is 3.33. The van der Waals surface area contributed by atoms with Gasteiger partial charge in [0.1, 0.15) is 0 Å². The van der Waals surface area contributed by atoms with Gasteiger partial charge in [-0.2, -0.15) is 0 Å². The molecule has 11 heavy (non-hydrogen) atoms. The molecule has 1 aliphatic rings. The highest BCUT2D eigenvalue weighted by Crippen LogP contribution is 2.15. The Kier molecular flexibility index (Phi) is 3.09. The smallest absolute Gasteiger partial charge is 0.0782 e. The van der Waals surface area contributed by atoms with Crippen LogP contribution in [0.4, 0.5) is 0 Å². The Bertz CT molecular complexity index is 148. The van der Waals surface area contributed by atoms with Gasteiger partial charge < -0.3 is 9.84 Å². The Balaban J connectivity index is 2.40. The van der Waals surface area contributed by atoms with Crippen LogP contribution < -0.4 is 0 Å². The molecule has 0 aromatic heterocycles. The molecule has 1 N–H and O–H groups in total. The second-order valence-corrected chi connectivity index (χ2v) is 3.33. The van der Waals surface area contributed by atoms with Crippen molar-refractivity contribution in [2.24, 2.45) is 0 Å². The van der Waals surface area contributed by atoms with E-state index in [0.29, 0.717) is 6.61 Å². The van der Waals surface area contributed by atoms with Gasteiger partial charge >= 0.3 is 0 Å². The van der Waals surface area contributed by atoms with Gasteiger partial charge in [0.2, 0.25) is 0 Å². The van der Waals surface area contributed by atoms with Gasteiger partial charge in [0.25, 0.3) is 0 Å². The summed E-state index contributed by atoms with van der Waals surface area (Å²) < 4.78 is 5.42. The summed E-state index contributed by atoms with van der Waals surface area (Å²) in [4.78, 5) is 0. The molecule has 2 heteroatoms. The first-order valence-electron chi connectivity index (χ1n) is 4.13. The average Bonchev–Trinajstić information content (AvgIpc) is 1.85. The first-order valence-corrected chi connectivity index (χ1v) is 4.13. The van der Waals surface area contributed by atoms with Crippen molar-refractivity contribution >= 4 is 0 Å². The van der Waals surface area contributed by atoms with Crippen molar-refractivity contribution < 1.29 is 9.84 Å². The van der Waals surface area contributed by atoms with Crippen molar-refractivity contribution in [1.82, 2.24) is 0 Å². The zero-order valence-corrected chi connectivity index (χ0v) is 7.21. The molecule has 0 amide bonds. The molecule has 2 unspecified atom stereocenters. The van der Waals surface area contributed by atoms with Gasteiger partial charge in [-0.05, 0) is 20.3 Å². The molecule has 1 aliphatic heterocycles. The Morgan fingerprint density at radius 1 is 1.55 bits per heavy atom. The van der Waals surface area contributed by atoms with E-state index in [-0.39, 0.29) is 12.2 Å². The number of allylic oxidation sites excluding steroid dienone is 1. The molecular weight excluding hydrogens is 140 g/mol. The van der Waals surface area contributed by atoms with E-state index in [2.05, 4.69) is 6.08 Å². The summed E-state index contributed by atoms with van der Waals surface area (Å²) in [7, 11) is 0. The number of hydrogen-bond acceptors (Lipinski definition) is 2. The monoisotopic (exact) mass is 156 g/mol. The summed E-state index contributed by atoms with van der Waals surface area (Å²) in [5, 5.41) is 9.28. The summed E-state index contributed by atoms with van der Waals surface area (Å²) in [6.45, 7) is 4.78. The first kappa shape index (κ1) is 8.75. The van der Waals surface area contributed by atoms with Gasteiger partial charge in [-0.15, -0.1) is 0 Å². The molecule has 1 saturated heterocycles. The van der Waals surface area contributed by atoms with Crippen molar-refractivity contribution in [2.75, 3.05) is 6.61 Å². The minimum Gasteiger partial charge on any atom is -0.393 e. The highest BCUT2D eigenvalue weighted by Gasteiger charge is 2.18. The molecular formula is C9H16O2. The molecule has 0 bridgehead atoms. The van der Waals surface area contributed by atoms with E-state index in [1.165, 1.54) is 5.57 Å². The van der Waals surface area contributed by atoms with Gasteiger partial charge in [0, 0.05) is 13.0 Å². The molecule has 1 fully saturated rings. The maximum atomic E-state index is 9.28. The molecule has 0 spiro atoms. The lowest BCUT2D eigenvalue weighted by Gasteiger charge is -2.24. The highest BCUT2D eigenvalue weighted by molar-refractivity contribution is 4.99. The van der Waals surface area contributed by atoms with Crippen LogP contribution in [0.15, 0.2) is 11.6 Å². The Hall–Kier alpha value is -0.340. The van der Waals surface area contributed by atoms with Gasteiger partial charge in [0.15, 0.2) is 0 Å². The molecule has 0 aromatic rings. The van der Waals surface area contributed by atoms with E-state index in [4.69, 9.17) is 4.74 Å². The quantitative estimate of drug-likeness (QED) is 0.583. The molecule has 2 nitrogen and oxygen atoms in total. The SMILES string of the molecule is CC(C)=CC1CC(O)CCO1. The fourth-order valence-electron chi connectivity index (χ4n) is 1.30. The molecule has 1 heterocycles. The Labute approximate surface area is 67.9 Å². The molecule has 0 aromatic carbocycles. The number of aliphatic hydroxyl groups excluding tert-OH is 1. The van der Waals surface area contributed by atoms with Gasteiger partial charge in [-0.25, -0.2) is 0 Å². The standard InChI is InChI=1S/C9H16O2/c1-7(2)5-9-6-8(10)3-4-11-9/h5,8-10H,3-4,6H2,1-2H3. The largest absolute Gasteiger partial charge is 0.393 e. The topological polar surface area (TPSA) is 29.5 Å². The third-order valence-electron chi connectivity index (χ3n) is 1.81. The van der Waals surface area contributed by atoms with Crippen LogP contribution in [0.2, 0.25) is 0 Å². The minimum absolute atomic E-state index is 0.142. The fourth-order valence-corrected chi connectivity index (χ4v) is 1.30. The molecule has 64 valence electrons. The predicted molar refractivity (Wildman–Crippen MR) is 44.4 cm³/mol. The molecule has 2 atom stereocenters. The van der Waals surface area contributed by atoms with Gasteiger partial charge in [-0.3, -0.25) is 0 Å². The van der Waals surface area contributed by atoms with Crippen LogP contribution >= 0.6 is 0 Å². The number of hydrogen-bond donors (Lipinski definition) is 1. The normalized spacial score (nSPS) is 31.5. The average molecular weight is 156 g/mol. The molecule has 1 rings (SSSR count). The summed E-state index contributed by atoms with van der Waals surface area (Å²) in [6, 6.07) is 0. The summed E-state index contributed by atoms with van der Waals surface area (Å²) >= 11 is 0. The third-order valence-corrected chi connectivity index (χ3v) is 1.81. The first-order chi connectivity index (χ1) is 5.18. The molecule has 0 aliphatic carbocycles. The van der Waals surface area contributed by atoms with Crippen LogP contribution in [0.1, 0.15) is 26.7 Å². The van der Waals surface area contributed by atoms with E-state index in [0.717, 1.165) is 12.8 Å². The lowest BCUT2D eigenvalue weighted by atomic mass is 10.0. The van der Waals surface area contributed by atoms with E-state index in [9.17, 15) is 5.11 Å². The van der Waals surface area contributed by atoms with Crippen LogP contribution in [0.3, 0.4) is 0 Å². The van der Waals surface area contributed by atoms with Crippen molar-refractivity contribution in [1.29, 1.82) is 0 Å². The van der Waals surface area contributed by atoms with Crippen molar-refractivity contribution in [3.8, 4) is 0 Å². The minimum atomic E-state index is -0.163. The number of rotatable bonds is 1. The van der Waals surface area contributed by atoms with E-state index >= 15 is 0 Å².